The highest BCUT2D eigenvalue weighted by Gasteiger charge is 2.18. The number of rotatable bonds is 73. The van der Waals surface area contributed by atoms with Crippen LogP contribution in [0.1, 0.15) is 425 Å². The van der Waals surface area contributed by atoms with Crippen LogP contribution in [0.25, 0.3) is 0 Å². The van der Waals surface area contributed by atoms with Crippen LogP contribution < -0.4 is 5.32 Å². The topological polar surface area (TPSA) is 69.6 Å². The molecule has 0 aromatic heterocycles. The second-order valence-corrected chi connectivity index (χ2v) is 26.8. The Bertz CT molecular complexity index is 1460. The molecule has 0 saturated heterocycles. The van der Waals surface area contributed by atoms with E-state index in [-0.39, 0.29) is 12.5 Å². The van der Waals surface area contributed by atoms with Gasteiger partial charge in [-0.25, -0.2) is 0 Å². The van der Waals surface area contributed by atoms with E-state index in [0.29, 0.717) is 6.42 Å². The lowest BCUT2D eigenvalue weighted by atomic mass is 10.0. The van der Waals surface area contributed by atoms with Crippen LogP contribution in [0.15, 0.2) is 72.9 Å². The van der Waals surface area contributed by atoms with Gasteiger partial charge in [-0.1, -0.05) is 427 Å². The van der Waals surface area contributed by atoms with Crippen molar-refractivity contribution in [2.75, 3.05) is 6.61 Å². The molecule has 0 rings (SSSR count). The highest BCUT2D eigenvalue weighted by Crippen LogP contribution is 2.20. The van der Waals surface area contributed by atoms with Crippen LogP contribution in [-0.4, -0.2) is 34.9 Å². The van der Waals surface area contributed by atoms with Crippen LogP contribution in [0.5, 0.6) is 0 Å². The Morgan fingerprint density at radius 3 is 0.767 bits per heavy atom. The minimum atomic E-state index is -0.842. The molecule has 0 aromatic carbocycles. The zero-order valence-corrected chi connectivity index (χ0v) is 58.3. The van der Waals surface area contributed by atoms with Crippen molar-refractivity contribution in [3.63, 3.8) is 0 Å². The summed E-state index contributed by atoms with van der Waals surface area (Å²) in [4.78, 5) is 12.6. The molecule has 0 aliphatic rings. The maximum atomic E-state index is 12.6. The first-order valence-corrected chi connectivity index (χ1v) is 39.2. The summed E-state index contributed by atoms with van der Waals surface area (Å²) in [6.07, 6.45) is 112. The van der Waals surface area contributed by atoms with Gasteiger partial charge in [0.15, 0.2) is 0 Å². The molecule has 504 valence electrons. The van der Waals surface area contributed by atoms with Crippen LogP contribution >= 0.6 is 0 Å². The van der Waals surface area contributed by atoms with Crippen molar-refractivity contribution >= 4 is 5.91 Å². The van der Waals surface area contributed by atoms with Gasteiger partial charge < -0.3 is 15.5 Å². The molecular formula is C82H153NO3. The third-order valence-electron chi connectivity index (χ3n) is 18.2. The molecule has 3 N–H and O–H groups in total. The van der Waals surface area contributed by atoms with E-state index < -0.39 is 12.1 Å². The Morgan fingerprint density at radius 1 is 0.291 bits per heavy atom. The summed E-state index contributed by atoms with van der Waals surface area (Å²) in [6.45, 7) is 4.24. The Labute approximate surface area is 539 Å². The van der Waals surface area contributed by atoms with Crippen molar-refractivity contribution < 1.29 is 15.0 Å². The van der Waals surface area contributed by atoms with E-state index in [9.17, 15) is 15.0 Å². The molecule has 2 unspecified atom stereocenters. The zero-order valence-electron chi connectivity index (χ0n) is 58.3. The maximum absolute atomic E-state index is 12.6. The summed E-state index contributed by atoms with van der Waals surface area (Å²) in [5.74, 6) is -0.0556. The van der Waals surface area contributed by atoms with Gasteiger partial charge in [-0.2, -0.15) is 0 Å². The van der Waals surface area contributed by atoms with Gasteiger partial charge in [0.25, 0.3) is 0 Å². The Morgan fingerprint density at radius 2 is 0.512 bits per heavy atom. The molecule has 0 fully saturated rings. The normalized spacial score (nSPS) is 13.0. The van der Waals surface area contributed by atoms with Crippen molar-refractivity contribution in [2.24, 2.45) is 0 Å². The fourth-order valence-electron chi connectivity index (χ4n) is 12.3. The number of unbranched alkanes of at least 4 members (excludes halogenated alkanes) is 56. The lowest BCUT2D eigenvalue weighted by Crippen LogP contribution is -2.45. The maximum Gasteiger partial charge on any atom is 0.220 e. The molecule has 4 heteroatoms. The summed E-state index contributed by atoms with van der Waals surface area (Å²) in [5, 5.41) is 23.4. The molecule has 2 atom stereocenters. The first-order valence-electron chi connectivity index (χ1n) is 39.2. The lowest BCUT2D eigenvalue weighted by molar-refractivity contribution is -0.123. The highest BCUT2D eigenvalue weighted by atomic mass is 16.3. The van der Waals surface area contributed by atoms with Crippen LogP contribution in [0.3, 0.4) is 0 Å². The van der Waals surface area contributed by atoms with Gasteiger partial charge in [0.2, 0.25) is 5.91 Å². The molecule has 0 aromatic rings. The smallest absolute Gasteiger partial charge is 0.220 e. The van der Waals surface area contributed by atoms with Crippen LogP contribution in [-0.2, 0) is 4.79 Å². The number of hydrogen-bond donors (Lipinski definition) is 3. The molecule has 0 bridgehead atoms. The van der Waals surface area contributed by atoms with Crippen molar-refractivity contribution in [3.05, 3.63) is 72.9 Å². The predicted octanol–water partition coefficient (Wildman–Crippen LogP) is 27.2. The second-order valence-electron chi connectivity index (χ2n) is 26.8. The summed E-state index contributed by atoms with van der Waals surface area (Å²) in [6, 6.07) is -0.624. The number of hydrogen-bond acceptors (Lipinski definition) is 3. The number of carbonyl (C=O) groups is 1. The first-order chi connectivity index (χ1) is 42.7. The Balaban J connectivity index is 3.40. The van der Waals surface area contributed by atoms with E-state index in [1.807, 2.05) is 6.08 Å². The fourth-order valence-corrected chi connectivity index (χ4v) is 12.3. The Hall–Kier alpha value is -2.17. The van der Waals surface area contributed by atoms with Crippen molar-refractivity contribution in [1.82, 2.24) is 5.32 Å². The number of aliphatic hydroxyl groups excluding tert-OH is 2. The SMILES string of the molecule is CC/C=C\C/C=C\C/C=C\C/C=C\C/C=C\CCCCCCCCCCCCCCCCCCCCCCCCCCCC(=O)NC(CO)C(O)/C=C/CCCCCCCCCCCCCCCCCCCCCCCCCCCCCCCCC. The molecule has 1 amide bonds. The minimum absolute atomic E-state index is 0.0556. The molecule has 0 saturated carbocycles. The van der Waals surface area contributed by atoms with Crippen molar-refractivity contribution in [3.8, 4) is 0 Å². The molecule has 4 nitrogen and oxygen atoms in total. The van der Waals surface area contributed by atoms with Gasteiger partial charge in [-0.15, -0.1) is 0 Å². The van der Waals surface area contributed by atoms with Gasteiger partial charge in [0.05, 0.1) is 18.8 Å². The summed E-state index contributed by atoms with van der Waals surface area (Å²) >= 11 is 0. The molecule has 0 spiro atoms. The van der Waals surface area contributed by atoms with Crippen molar-refractivity contribution in [2.45, 2.75) is 437 Å². The van der Waals surface area contributed by atoms with E-state index >= 15 is 0 Å². The number of amides is 1. The summed E-state index contributed by atoms with van der Waals surface area (Å²) in [7, 11) is 0. The summed E-state index contributed by atoms with van der Waals surface area (Å²) < 4.78 is 0. The van der Waals surface area contributed by atoms with E-state index in [1.54, 1.807) is 6.08 Å². The highest BCUT2D eigenvalue weighted by molar-refractivity contribution is 5.76. The van der Waals surface area contributed by atoms with E-state index in [0.717, 1.165) is 57.8 Å². The van der Waals surface area contributed by atoms with Crippen molar-refractivity contribution in [1.29, 1.82) is 0 Å². The minimum Gasteiger partial charge on any atom is -0.394 e. The third-order valence-corrected chi connectivity index (χ3v) is 18.2. The molecule has 0 aliphatic heterocycles. The Kier molecular flexibility index (Phi) is 75.1. The van der Waals surface area contributed by atoms with Crippen LogP contribution in [0, 0.1) is 0 Å². The van der Waals surface area contributed by atoms with Gasteiger partial charge >= 0.3 is 0 Å². The zero-order chi connectivity index (χ0) is 61.9. The van der Waals surface area contributed by atoms with E-state index in [2.05, 4.69) is 79.9 Å². The average molecular weight is 1200 g/mol. The molecular weight excluding hydrogens is 1050 g/mol. The van der Waals surface area contributed by atoms with E-state index in [1.165, 1.54) is 347 Å². The van der Waals surface area contributed by atoms with E-state index in [4.69, 9.17) is 0 Å². The predicted molar refractivity (Wildman–Crippen MR) is 387 cm³/mol. The fraction of sp³-hybridized carbons (Fsp3) is 0.841. The monoisotopic (exact) mass is 1200 g/mol. The molecule has 86 heavy (non-hydrogen) atoms. The third kappa shape index (κ3) is 72.6. The first kappa shape index (κ1) is 83.8. The average Bonchev–Trinajstić information content (AvgIpc) is 3.59. The van der Waals surface area contributed by atoms with Crippen LogP contribution in [0.2, 0.25) is 0 Å². The molecule has 0 heterocycles. The van der Waals surface area contributed by atoms with Gasteiger partial charge in [0, 0.05) is 6.42 Å². The molecule has 0 radical (unpaired) electrons. The van der Waals surface area contributed by atoms with Gasteiger partial charge in [-0.3, -0.25) is 4.79 Å². The quantitative estimate of drug-likeness (QED) is 0.0420. The lowest BCUT2D eigenvalue weighted by Gasteiger charge is -2.20. The standard InChI is InChI=1S/C82H153NO3/c1-3-5-7-9-11-13-15-17-19-21-23-25-27-29-31-33-35-37-38-39-40-41-42-43-44-46-48-50-52-54-56-58-60-62-64-66-68-70-72-74-76-78-82(86)83-80(79-84)81(85)77-75-73-71-69-67-65-63-61-59-57-55-53-51-49-47-45-36-34-32-30-28-26-24-22-20-18-16-14-12-10-8-6-4-2/h5,7,11,13,17,19,23,25,29,31,75,77,80-81,84-85H,3-4,6,8-10,12,14-16,18,20-22,24,26-28,30,32-74,76,78-79H2,1-2H3,(H,83,86)/b7-5-,13-11-,19-17-,25-23-,31-29-,77-75+. The largest absolute Gasteiger partial charge is 0.394 e. The van der Waals surface area contributed by atoms with Gasteiger partial charge in [0.1, 0.15) is 0 Å². The second kappa shape index (κ2) is 77.1. The number of nitrogens with one attached hydrogen (secondary N) is 1. The van der Waals surface area contributed by atoms with Crippen LogP contribution in [0.4, 0.5) is 0 Å². The number of aliphatic hydroxyl groups is 2. The van der Waals surface area contributed by atoms with Gasteiger partial charge in [-0.05, 0) is 64.2 Å². The number of carbonyl (C=O) groups excluding carboxylic acids is 1. The molecule has 0 aliphatic carbocycles. The number of allylic oxidation sites excluding steroid dienone is 11. The summed E-state index contributed by atoms with van der Waals surface area (Å²) in [5.41, 5.74) is 0.